The van der Waals surface area contributed by atoms with Crippen molar-refractivity contribution in [1.82, 2.24) is 0 Å². The van der Waals surface area contributed by atoms with Crippen LogP contribution in [0.5, 0.6) is 5.75 Å². The number of aromatic hydroxyl groups is 1. The zero-order valence-corrected chi connectivity index (χ0v) is 9.93. The molecule has 0 saturated carbocycles. The molecule has 0 fully saturated rings. The van der Waals surface area contributed by atoms with Crippen LogP contribution in [0.4, 0.5) is 0 Å². The van der Waals surface area contributed by atoms with Crippen LogP contribution in [-0.2, 0) is 0 Å². The summed E-state index contributed by atoms with van der Waals surface area (Å²) in [6.45, 7) is 2.03. The highest BCUT2D eigenvalue weighted by Gasteiger charge is 2.04. The lowest BCUT2D eigenvalue weighted by atomic mass is 10.00. The Labute approximate surface area is 102 Å². The molecule has 86 valence electrons. The molecule has 1 aromatic carbocycles. The summed E-state index contributed by atoms with van der Waals surface area (Å²) in [7, 11) is 0. The minimum absolute atomic E-state index is 0.330. The molecule has 0 amide bonds. The van der Waals surface area contributed by atoms with Crippen LogP contribution in [0.3, 0.4) is 0 Å². The van der Waals surface area contributed by atoms with Gasteiger partial charge in [-0.25, -0.2) is 0 Å². The van der Waals surface area contributed by atoms with E-state index in [0.29, 0.717) is 5.75 Å². The third-order valence-corrected chi connectivity index (χ3v) is 2.84. The number of phenols is 1. The summed E-state index contributed by atoms with van der Waals surface area (Å²) in [4.78, 5) is 0. The van der Waals surface area contributed by atoms with Crippen molar-refractivity contribution in [1.29, 1.82) is 0 Å². The zero-order chi connectivity index (χ0) is 12.1. The van der Waals surface area contributed by atoms with Gasteiger partial charge in [-0.2, -0.15) is 0 Å². The maximum absolute atomic E-state index is 9.84. The van der Waals surface area contributed by atoms with Gasteiger partial charge in [0.05, 0.1) is 0 Å². The first-order valence-electron chi connectivity index (χ1n) is 5.78. The van der Waals surface area contributed by atoms with E-state index in [0.717, 1.165) is 23.1 Å². The third-order valence-electron chi connectivity index (χ3n) is 2.84. The van der Waals surface area contributed by atoms with Gasteiger partial charge >= 0.3 is 0 Å². The molecule has 1 aliphatic carbocycles. The van der Waals surface area contributed by atoms with Crippen LogP contribution in [-0.4, -0.2) is 5.11 Å². The molecule has 1 heteroatoms. The molecule has 1 N–H and O–H groups in total. The first-order valence-corrected chi connectivity index (χ1v) is 5.78. The Morgan fingerprint density at radius 2 is 1.76 bits per heavy atom. The SMILES string of the molecule is Cc1c2ccc(O)c1\C=C/C=C/C=C\C/C=C\2. The topological polar surface area (TPSA) is 20.2 Å². The molecule has 0 aliphatic heterocycles. The average molecular weight is 224 g/mol. The molecule has 1 aromatic rings. The number of fused-ring (bicyclic) bond motifs is 2. The van der Waals surface area contributed by atoms with Crippen LogP contribution < -0.4 is 0 Å². The average Bonchev–Trinajstić information content (AvgIpc) is 2.31. The first-order chi connectivity index (χ1) is 8.29. The van der Waals surface area contributed by atoms with Crippen molar-refractivity contribution in [2.45, 2.75) is 13.3 Å². The van der Waals surface area contributed by atoms with Gasteiger partial charge in [-0.3, -0.25) is 0 Å². The van der Waals surface area contributed by atoms with Crippen LogP contribution in [0.15, 0.2) is 48.6 Å². The maximum Gasteiger partial charge on any atom is 0.123 e. The molecule has 0 radical (unpaired) electrons. The molecular weight excluding hydrogens is 208 g/mol. The van der Waals surface area contributed by atoms with Crippen LogP contribution >= 0.6 is 0 Å². The smallest absolute Gasteiger partial charge is 0.123 e. The summed E-state index contributed by atoms with van der Waals surface area (Å²) in [5.74, 6) is 0.330. The second-order valence-corrected chi connectivity index (χ2v) is 4.02. The molecule has 1 nitrogen and oxygen atoms in total. The van der Waals surface area contributed by atoms with Gasteiger partial charge in [-0.15, -0.1) is 0 Å². The van der Waals surface area contributed by atoms with Gasteiger partial charge in [0, 0.05) is 5.56 Å². The van der Waals surface area contributed by atoms with Crippen LogP contribution in [0.25, 0.3) is 12.2 Å². The summed E-state index contributed by atoms with van der Waals surface area (Å²) < 4.78 is 0. The fourth-order valence-electron chi connectivity index (χ4n) is 1.83. The van der Waals surface area contributed by atoms with Crippen molar-refractivity contribution >= 4 is 12.2 Å². The summed E-state index contributed by atoms with van der Waals surface area (Å²) in [5.41, 5.74) is 3.15. The second-order valence-electron chi connectivity index (χ2n) is 4.02. The van der Waals surface area contributed by atoms with Gasteiger partial charge in [-0.1, -0.05) is 54.7 Å². The largest absolute Gasteiger partial charge is 0.507 e. The lowest BCUT2D eigenvalue weighted by Crippen LogP contribution is -1.87. The molecule has 2 bridgehead atoms. The molecule has 1 aliphatic rings. The van der Waals surface area contributed by atoms with Gasteiger partial charge in [0.2, 0.25) is 0 Å². The molecule has 0 atom stereocenters. The molecule has 0 unspecified atom stereocenters. The summed E-state index contributed by atoms with van der Waals surface area (Å²) >= 11 is 0. The Morgan fingerprint density at radius 1 is 0.941 bits per heavy atom. The maximum atomic E-state index is 9.84. The van der Waals surface area contributed by atoms with Crippen LogP contribution in [0.2, 0.25) is 0 Å². The summed E-state index contributed by atoms with van der Waals surface area (Å²) in [6.07, 6.45) is 17.1. The van der Waals surface area contributed by atoms with Gasteiger partial charge in [0.25, 0.3) is 0 Å². The molecule has 17 heavy (non-hydrogen) atoms. The van der Waals surface area contributed by atoms with Crippen molar-refractivity contribution in [2.75, 3.05) is 0 Å². The van der Waals surface area contributed by atoms with E-state index in [1.54, 1.807) is 6.07 Å². The number of allylic oxidation sites excluding steroid dienone is 6. The van der Waals surface area contributed by atoms with E-state index in [2.05, 4.69) is 18.2 Å². The number of rotatable bonds is 0. The predicted octanol–water partition coefficient (Wildman–Crippen LogP) is 4.24. The van der Waals surface area contributed by atoms with Crippen molar-refractivity contribution < 1.29 is 5.11 Å². The van der Waals surface area contributed by atoms with Gasteiger partial charge in [-0.05, 0) is 30.5 Å². The van der Waals surface area contributed by atoms with E-state index in [1.165, 1.54) is 0 Å². The second kappa shape index (κ2) is 5.35. The Hall–Kier alpha value is -2.02. The number of hydrogen-bond acceptors (Lipinski definition) is 1. The predicted molar refractivity (Wildman–Crippen MR) is 73.8 cm³/mol. The molecule has 0 heterocycles. The Bertz CT molecular complexity index is 517. The normalized spacial score (nSPS) is 21.9. The Kier molecular flexibility index (Phi) is 3.61. The highest BCUT2D eigenvalue weighted by molar-refractivity contribution is 5.68. The standard InChI is InChI=1S/C16H16O/c1-13-14-9-7-5-3-2-4-6-8-10-15(13)16(17)12-11-14/h2-4,6-12,17H,5H2,1H3/b3-2-,6-4+,9-7-,10-8-. The van der Waals surface area contributed by atoms with Crippen LogP contribution in [0.1, 0.15) is 23.1 Å². The van der Waals surface area contributed by atoms with E-state index in [-0.39, 0.29) is 0 Å². The van der Waals surface area contributed by atoms with Gasteiger partial charge in [0.15, 0.2) is 0 Å². The van der Waals surface area contributed by atoms with Crippen LogP contribution in [0, 0.1) is 6.92 Å². The molecule has 0 spiro atoms. The van der Waals surface area contributed by atoms with Crippen molar-refractivity contribution in [3.63, 3.8) is 0 Å². The molecule has 0 aromatic heterocycles. The summed E-state index contributed by atoms with van der Waals surface area (Å²) in [5, 5.41) is 9.84. The minimum Gasteiger partial charge on any atom is -0.507 e. The highest BCUT2D eigenvalue weighted by atomic mass is 16.3. The highest BCUT2D eigenvalue weighted by Crippen LogP contribution is 2.26. The van der Waals surface area contributed by atoms with Crippen molar-refractivity contribution in [2.24, 2.45) is 0 Å². The monoisotopic (exact) mass is 224 g/mol. The summed E-state index contributed by atoms with van der Waals surface area (Å²) in [6, 6.07) is 3.70. The van der Waals surface area contributed by atoms with E-state index >= 15 is 0 Å². The fraction of sp³-hybridized carbons (Fsp3) is 0.125. The first kappa shape index (κ1) is 11.5. The molecule has 2 rings (SSSR count). The van der Waals surface area contributed by atoms with Crippen molar-refractivity contribution in [3.05, 3.63) is 65.3 Å². The number of benzene rings is 1. The third kappa shape index (κ3) is 2.76. The number of phenolic OH excluding ortho intramolecular Hbond substituents is 1. The zero-order valence-electron chi connectivity index (χ0n) is 9.93. The fourth-order valence-corrected chi connectivity index (χ4v) is 1.83. The Morgan fingerprint density at radius 3 is 2.65 bits per heavy atom. The van der Waals surface area contributed by atoms with Gasteiger partial charge in [0.1, 0.15) is 5.75 Å². The van der Waals surface area contributed by atoms with E-state index in [1.807, 2.05) is 43.4 Å². The lowest BCUT2D eigenvalue weighted by molar-refractivity contribution is 0.473. The minimum atomic E-state index is 0.330. The number of hydrogen-bond donors (Lipinski definition) is 1. The van der Waals surface area contributed by atoms with E-state index in [4.69, 9.17) is 0 Å². The van der Waals surface area contributed by atoms with Gasteiger partial charge < -0.3 is 5.11 Å². The quantitative estimate of drug-likeness (QED) is 0.698. The molecular formula is C16H16O. The molecule has 0 saturated heterocycles. The lowest BCUT2D eigenvalue weighted by Gasteiger charge is -2.07. The van der Waals surface area contributed by atoms with E-state index < -0.39 is 0 Å². The van der Waals surface area contributed by atoms with Crippen molar-refractivity contribution in [3.8, 4) is 5.75 Å². The Balaban J connectivity index is 2.53. The van der Waals surface area contributed by atoms with E-state index in [9.17, 15) is 5.11 Å².